The van der Waals surface area contributed by atoms with Crippen LogP contribution >= 0.6 is 0 Å². The van der Waals surface area contributed by atoms with Gasteiger partial charge in [0.2, 0.25) is 5.95 Å². The molecular formula is C53H40N4. The van der Waals surface area contributed by atoms with Crippen molar-refractivity contribution in [3.63, 3.8) is 0 Å². The monoisotopic (exact) mass is 732 g/mol. The Labute approximate surface area is 332 Å². The van der Waals surface area contributed by atoms with E-state index >= 15 is 0 Å². The zero-order valence-corrected chi connectivity index (χ0v) is 32.2. The zero-order valence-electron chi connectivity index (χ0n) is 32.2. The summed E-state index contributed by atoms with van der Waals surface area (Å²) in [6.07, 6.45) is 3.41. The largest absolute Gasteiger partial charge is 0.277 e. The molecule has 9 aromatic rings. The van der Waals surface area contributed by atoms with E-state index in [2.05, 4.69) is 171 Å². The number of allylic oxidation sites excluding steroid dienone is 1. The van der Waals surface area contributed by atoms with Gasteiger partial charge in [-0.15, -0.1) is 0 Å². The van der Waals surface area contributed by atoms with Crippen LogP contribution in [0, 0.1) is 5.92 Å². The van der Waals surface area contributed by atoms with Gasteiger partial charge in [-0.2, -0.15) is 9.97 Å². The Morgan fingerprint density at radius 3 is 1.89 bits per heavy atom. The third-order valence-electron chi connectivity index (χ3n) is 12.2. The summed E-state index contributed by atoms with van der Waals surface area (Å²) in [5.41, 5.74) is 15.6. The maximum atomic E-state index is 5.43. The predicted molar refractivity (Wildman–Crippen MR) is 234 cm³/mol. The molecule has 4 heteroatoms. The van der Waals surface area contributed by atoms with Crippen LogP contribution in [0.4, 0.5) is 0 Å². The van der Waals surface area contributed by atoms with E-state index in [4.69, 9.17) is 15.0 Å². The highest BCUT2D eigenvalue weighted by Gasteiger charge is 2.38. The smallest absolute Gasteiger partial charge is 0.238 e. The van der Waals surface area contributed by atoms with Gasteiger partial charge >= 0.3 is 0 Å². The molecule has 4 nitrogen and oxygen atoms in total. The van der Waals surface area contributed by atoms with Crippen molar-refractivity contribution in [2.45, 2.75) is 32.6 Å². The Kier molecular flexibility index (Phi) is 7.52. The van der Waals surface area contributed by atoms with Crippen molar-refractivity contribution in [1.82, 2.24) is 19.5 Å². The molecule has 272 valence electrons. The van der Waals surface area contributed by atoms with Crippen LogP contribution in [-0.4, -0.2) is 19.5 Å². The summed E-state index contributed by atoms with van der Waals surface area (Å²) in [5.74, 6) is 2.22. The lowest BCUT2D eigenvalue weighted by Crippen LogP contribution is -2.16. The number of rotatable bonds is 5. The second-order valence-electron chi connectivity index (χ2n) is 16.1. The van der Waals surface area contributed by atoms with Gasteiger partial charge in [-0.1, -0.05) is 191 Å². The highest BCUT2D eigenvalue weighted by Crippen LogP contribution is 2.53. The van der Waals surface area contributed by atoms with Gasteiger partial charge in [-0.25, -0.2) is 4.98 Å². The average Bonchev–Trinajstić information content (AvgIpc) is 3.72. The summed E-state index contributed by atoms with van der Waals surface area (Å²) in [7, 11) is 0. The zero-order chi connectivity index (χ0) is 38.3. The molecule has 0 N–H and O–H groups in total. The molecule has 0 radical (unpaired) electrons. The predicted octanol–water partition coefficient (Wildman–Crippen LogP) is 12.9. The van der Waals surface area contributed by atoms with Crippen molar-refractivity contribution in [3.8, 4) is 51.0 Å². The van der Waals surface area contributed by atoms with Crippen LogP contribution in [0.15, 0.2) is 170 Å². The molecule has 0 saturated heterocycles. The summed E-state index contributed by atoms with van der Waals surface area (Å²) < 4.78 is 2.37. The molecular weight excluding hydrogens is 693 g/mol. The van der Waals surface area contributed by atoms with Crippen LogP contribution in [-0.2, 0) is 11.8 Å². The van der Waals surface area contributed by atoms with E-state index in [9.17, 15) is 0 Å². The average molecular weight is 733 g/mol. The first-order chi connectivity index (χ1) is 27.9. The van der Waals surface area contributed by atoms with Gasteiger partial charge in [0.1, 0.15) is 0 Å². The molecule has 7 aromatic carbocycles. The van der Waals surface area contributed by atoms with Crippen molar-refractivity contribution in [1.29, 1.82) is 0 Å². The number of hydrogen-bond acceptors (Lipinski definition) is 3. The van der Waals surface area contributed by atoms with Gasteiger partial charge in [0.05, 0.1) is 11.2 Å². The maximum Gasteiger partial charge on any atom is 0.238 e. The Morgan fingerprint density at radius 2 is 1.12 bits per heavy atom. The third-order valence-corrected chi connectivity index (χ3v) is 12.2. The van der Waals surface area contributed by atoms with Crippen LogP contribution in [0.3, 0.4) is 0 Å². The Hall–Kier alpha value is -6.91. The van der Waals surface area contributed by atoms with Crippen LogP contribution in [0.1, 0.15) is 48.7 Å². The second kappa shape index (κ2) is 12.8. The van der Waals surface area contributed by atoms with Crippen molar-refractivity contribution < 1.29 is 0 Å². The van der Waals surface area contributed by atoms with Crippen LogP contribution in [0.5, 0.6) is 0 Å². The number of fused-ring (bicyclic) bond motifs is 8. The lowest BCUT2D eigenvalue weighted by molar-refractivity contribution is 0.660. The van der Waals surface area contributed by atoms with Gasteiger partial charge in [-0.3, -0.25) is 4.57 Å². The van der Waals surface area contributed by atoms with Gasteiger partial charge in [0.15, 0.2) is 11.6 Å². The Morgan fingerprint density at radius 1 is 0.526 bits per heavy atom. The summed E-state index contributed by atoms with van der Waals surface area (Å²) in [6.45, 7) is 7.07. The lowest BCUT2D eigenvalue weighted by Gasteiger charge is -2.25. The number of nitrogens with zero attached hydrogens (tertiary/aromatic N) is 4. The topological polar surface area (TPSA) is 43.6 Å². The first-order valence-electron chi connectivity index (χ1n) is 19.9. The lowest BCUT2D eigenvalue weighted by atomic mass is 9.80. The van der Waals surface area contributed by atoms with E-state index in [0.717, 1.165) is 34.3 Å². The van der Waals surface area contributed by atoms with E-state index in [0.29, 0.717) is 23.5 Å². The molecule has 0 spiro atoms. The molecule has 57 heavy (non-hydrogen) atoms. The van der Waals surface area contributed by atoms with Gasteiger partial charge in [0.25, 0.3) is 0 Å². The first kappa shape index (κ1) is 33.4. The summed E-state index contributed by atoms with van der Waals surface area (Å²) in [4.78, 5) is 16.0. The minimum Gasteiger partial charge on any atom is -0.277 e. The summed E-state index contributed by atoms with van der Waals surface area (Å²) in [5, 5.41) is 3.60. The molecule has 0 bridgehead atoms. The molecule has 1 atom stereocenters. The maximum absolute atomic E-state index is 5.43. The molecule has 2 aromatic heterocycles. The second-order valence-corrected chi connectivity index (χ2v) is 16.1. The Balaban J connectivity index is 1.21. The van der Waals surface area contributed by atoms with E-state index < -0.39 is 0 Å². The van der Waals surface area contributed by atoms with E-state index in [1.807, 2.05) is 24.3 Å². The van der Waals surface area contributed by atoms with Crippen molar-refractivity contribution in [2.24, 2.45) is 5.92 Å². The van der Waals surface area contributed by atoms with Gasteiger partial charge < -0.3 is 0 Å². The van der Waals surface area contributed by atoms with Crippen molar-refractivity contribution in [2.75, 3.05) is 0 Å². The van der Waals surface area contributed by atoms with Crippen LogP contribution in [0.25, 0.3) is 78.2 Å². The van der Waals surface area contributed by atoms with E-state index in [1.54, 1.807) is 0 Å². The third kappa shape index (κ3) is 5.24. The number of aromatic nitrogens is 4. The highest BCUT2D eigenvalue weighted by atomic mass is 15.2. The first-order valence-corrected chi connectivity index (χ1v) is 19.9. The molecule has 1 unspecified atom stereocenters. The molecule has 2 heterocycles. The molecule has 11 rings (SSSR count). The fraction of sp³-hybridized carbons (Fsp3) is 0.113. The molecule has 2 aliphatic rings. The van der Waals surface area contributed by atoms with Crippen LogP contribution < -0.4 is 0 Å². The minimum absolute atomic E-state index is 0.113. The SMILES string of the molecule is CC1C=C(c2cccc3c2-c2ccccc2C3(C)C)c2c(c3ccc4ccccc4c3n2-c2nc(-c3ccccc3)nc(-c3ccc(-c4ccccc4)cc3)n2)C1. The summed E-state index contributed by atoms with van der Waals surface area (Å²) in [6, 6.07) is 58.5. The molecule has 0 saturated carbocycles. The normalized spacial score (nSPS) is 15.3. The minimum atomic E-state index is -0.113. The van der Waals surface area contributed by atoms with Gasteiger partial charge in [0, 0.05) is 32.9 Å². The van der Waals surface area contributed by atoms with Crippen LogP contribution in [0.2, 0.25) is 0 Å². The van der Waals surface area contributed by atoms with Crippen molar-refractivity contribution in [3.05, 3.63) is 198 Å². The molecule has 2 aliphatic carbocycles. The van der Waals surface area contributed by atoms with Crippen molar-refractivity contribution >= 4 is 27.2 Å². The molecule has 0 amide bonds. The molecule has 0 fully saturated rings. The fourth-order valence-corrected chi connectivity index (χ4v) is 9.50. The number of benzene rings is 7. The van der Waals surface area contributed by atoms with E-state index in [1.165, 1.54) is 60.7 Å². The van der Waals surface area contributed by atoms with E-state index in [-0.39, 0.29) is 5.41 Å². The molecule has 0 aliphatic heterocycles. The quantitative estimate of drug-likeness (QED) is 0.177. The fourth-order valence-electron chi connectivity index (χ4n) is 9.50. The number of hydrogen-bond donors (Lipinski definition) is 0. The standard InChI is InChI=1S/C53H40N4/c1-33-31-43(40-22-14-24-46-47(40)42-21-12-13-23-45(42)53(46,2)3)49-44(32-33)41-30-29-36-17-10-11-20-39(36)48(41)57(49)52-55-50(37-18-8-5-9-19-37)54-51(56-52)38-27-25-35(26-28-38)34-15-6-4-7-16-34/h4-31,33H,32H2,1-3H3. The summed E-state index contributed by atoms with van der Waals surface area (Å²) >= 11 is 0. The highest BCUT2D eigenvalue weighted by molar-refractivity contribution is 6.11. The Bertz CT molecular complexity index is 3060. The van der Waals surface area contributed by atoms with Gasteiger partial charge in [-0.05, 0) is 62.2 Å².